The molecule has 0 bridgehead atoms. The van der Waals surface area contributed by atoms with Gasteiger partial charge in [-0.25, -0.2) is 4.98 Å². The van der Waals surface area contributed by atoms with Crippen LogP contribution in [0.3, 0.4) is 0 Å². The molecule has 0 aliphatic rings. The first-order valence-electron chi connectivity index (χ1n) is 4.60. The van der Waals surface area contributed by atoms with Gasteiger partial charge in [0, 0.05) is 10.5 Å². The Hall–Kier alpha value is -1.82. The topological polar surface area (TPSA) is 80.7 Å². The van der Waals surface area contributed by atoms with Crippen molar-refractivity contribution in [1.29, 1.82) is 0 Å². The third-order valence-corrected chi connectivity index (χ3v) is 2.67. The van der Waals surface area contributed by atoms with Gasteiger partial charge >= 0.3 is 0 Å². The Morgan fingerprint density at radius 1 is 1.31 bits per heavy atom. The Bertz CT molecular complexity index is 658. The van der Waals surface area contributed by atoms with E-state index in [0.717, 1.165) is 15.6 Å². The van der Waals surface area contributed by atoms with Crippen LogP contribution in [0.1, 0.15) is 0 Å². The Balaban J connectivity index is 2.18. The van der Waals surface area contributed by atoms with Gasteiger partial charge in [-0.15, -0.1) is 0 Å². The first kappa shape index (κ1) is 9.41. The van der Waals surface area contributed by atoms with Crippen molar-refractivity contribution in [2.75, 3.05) is 5.73 Å². The number of oxazole rings is 1. The summed E-state index contributed by atoms with van der Waals surface area (Å²) in [5, 5.41) is 6.58. The van der Waals surface area contributed by atoms with E-state index in [0.29, 0.717) is 17.4 Å². The minimum atomic E-state index is 0.415. The number of nitrogen functional groups attached to an aromatic ring is 1. The molecule has 0 aliphatic heterocycles. The van der Waals surface area contributed by atoms with E-state index in [9.17, 15) is 0 Å². The fourth-order valence-corrected chi connectivity index (χ4v) is 1.81. The molecule has 6 heteroatoms. The van der Waals surface area contributed by atoms with Crippen LogP contribution in [-0.2, 0) is 0 Å². The van der Waals surface area contributed by atoms with Gasteiger partial charge in [0.1, 0.15) is 17.0 Å². The number of halogens is 1. The van der Waals surface area contributed by atoms with Crippen LogP contribution in [0, 0.1) is 0 Å². The summed E-state index contributed by atoms with van der Waals surface area (Å²) < 4.78 is 6.53. The summed E-state index contributed by atoms with van der Waals surface area (Å²) in [5.41, 5.74) is 7.70. The number of aromatic amines is 1. The number of aromatic nitrogens is 3. The summed E-state index contributed by atoms with van der Waals surface area (Å²) in [7, 11) is 0. The number of benzene rings is 1. The van der Waals surface area contributed by atoms with Crippen molar-refractivity contribution in [3.05, 3.63) is 28.7 Å². The zero-order valence-electron chi connectivity index (χ0n) is 8.07. The highest BCUT2D eigenvalue weighted by Gasteiger charge is 2.10. The van der Waals surface area contributed by atoms with Crippen LogP contribution in [0.2, 0.25) is 0 Å². The number of fused-ring (bicyclic) bond motifs is 1. The molecule has 0 saturated heterocycles. The molecular weight excluding hydrogens is 272 g/mol. The Morgan fingerprint density at radius 2 is 2.19 bits per heavy atom. The molecule has 3 N–H and O–H groups in total. The fraction of sp³-hybridized carbons (Fsp3) is 0. The lowest BCUT2D eigenvalue weighted by Crippen LogP contribution is -1.81. The van der Waals surface area contributed by atoms with Crippen LogP contribution in [-0.4, -0.2) is 15.2 Å². The van der Waals surface area contributed by atoms with Gasteiger partial charge in [-0.3, -0.25) is 5.10 Å². The maximum absolute atomic E-state index is 5.56. The Kier molecular flexibility index (Phi) is 1.97. The number of hydrogen-bond donors (Lipinski definition) is 2. The first-order valence-corrected chi connectivity index (χ1v) is 5.39. The summed E-state index contributed by atoms with van der Waals surface area (Å²) >= 11 is 3.38. The van der Waals surface area contributed by atoms with E-state index >= 15 is 0 Å². The number of nitrogens with one attached hydrogen (secondary N) is 1. The zero-order chi connectivity index (χ0) is 11.1. The third kappa shape index (κ3) is 1.47. The molecule has 16 heavy (non-hydrogen) atoms. The number of H-pyrrole nitrogens is 1. The molecule has 0 radical (unpaired) electrons. The molecule has 0 fully saturated rings. The minimum Gasteiger partial charge on any atom is -0.435 e. The maximum Gasteiger partial charge on any atom is 0.245 e. The van der Waals surface area contributed by atoms with Crippen molar-refractivity contribution >= 4 is 32.8 Å². The van der Waals surface area contributed by atoms with Crippen LogP contribution >= 0.6 is 15.9 Å². The van der Waals surface area contributed by atoms with Gasteiger partial charge in [0.2, 0.25) is 5.89 Å². The quantitative estimate of drug-likeness (QED) is 0.717. The van der Waals surface area contributed by atoms with Gasteiger partial charge in [-0.1, -0.05) is 15.9 Å². The highest BCUT2D eigenvalue weighted by atomic mass is 79.9. The normalized spacial score (nSPS) is 11.1. The Morgan fingerprint density at radius 3 is 2.94 bits per heavy atom. The van der Waals surface area contributed by atoms with Gasteiger partial charge in [0.15, 0.2) is 5.58 Å². The van der Waals surface area contributed by atoms with E-state index in [2.05, 4.69) is 31.1 Å². The zero-order valence-corrected chi connectivity index (χ0v) is 9.65. The van der Waals surface area contributed by atoms with Crippen LogP contribution in [0.4, 0.5) is 5.82 Å². The molecule has 1 aromatic carbocycles. The predicted molar refractivity (Wildman–Crippen MR) is 63.7 cm³/mol. The molecule has 0 aliphatic carbocycles. The summed E-state index contributed by atoms with van der Waals surface area (Å²) in [4.78, 5) is 4.33. The van der Waals surface area contributed by atoms with Crippen molar-refractivity contribution in [1.82, 2.24) is 15.2 Å². The molecule has 0 saturated carbocycles. The molecular formula is C10H7BrN4O. The van der Waals surface area contributed by atoms with Crippen molar-refractivity contribution < 1.29 is 4.42 Å². The van der Waals surface area contributed by atoms with E-state index in [1.54, 1.807) is 6.07 Å². The van der Waals surface area contributed by atoms with Crippen LogP contribution in [0.25, 0.3) is 22.7 Å². The van der Waals surface area contributed by atoms with Crippen LogP contribution in [0.15, 0.2) is 33.2 Å². The van der Waals surface area contributed by atoms with Gasteiger partial charge in [-0.05, 0) is 18.2 Å². The number of anilines is 1. The molecule has 2 aromatic heterocycles. The van der Waals surface area contributed by atoms with E-state index in [-0.39, 0.29) is 0 Å². The average Bonchev–Trinajstić information content (AvgIpc) is 2.83. The number of rotatable bonds is 1. The second kappa shape index (κ2) is 3.34. The summed E-state index contributed by atoms with van der Waals surface area (Å²) in [6, 6.07) is 7.33. The molecule has 3 rings (SSSR count). The lowest BCUT2D eigenvalue weighted by Gasteiger charge is -1.86. The van der Waals surface area contributed by atoms with Crippen molar-refractivity contribution in [2.45, 2.75) is 0 Å². The lowest BCUT2D eigenvalue weighted by molar-refractivity contribution is 0.616. The van der Waals surface area contributed by atoms with Gasteiger partial charge in [0.25, 0.3) is 0 Å². The molecule has 0 amide bonds. The predicted octanol–water partition coefficient (Wildman–Crippen LogP) is 2.56. The van der Waals surface area contributed by atoms with Gasteiger partial charge < -0.3 is 10.2 Å². The minimum absolute atomic E-state index is 0.415. The molecule has 5 nitrogen and oxygen atoms in total. The van der Waals surface area contributed by atoms with E-state index in [1.807, 2.05) is 18.2 Å². The molecule has 3 aromatic rings. The summed E-state index contributed by atoms with van der Waals surface area (Å²) in [5.74, 6) is 0.899. The maximum atomic E-state index is 5.56. The lowest BCUT2D eigenvalue weighted by atomic mass is 10.3. The third-order valence-electron chi connectivity index (χ3n) is 2.18. The molecule has 0 unspecified atom stereocenters. The molecule has 2 heterocycles. The van der Waals surface area contributed by atoms with E-state index in [4.69, 9.17) is 10.2 Å². The van der Waals surface area contributed by atoms with Crippen LogP contribution < -0.4 is 5.73 Å². The fourth-order valence-electron chi connectivity index (χ4n) is 1.46. The summed E-state index contributed by atoms with van der Waals surface area (Å²) in [6.07, 6.45) is 0. The smallest absolute Gasteiger partial charge is 0.245 e. The van der Waals surface area contributed by atoms with E-state index in [1.165, 1.54) is 0 Å². The number of nitrogens with zero attached hydrogens (tertiary/aromatic N) is 2. The second-order valence-corrected chi connectivity index (χ2v) is 4.25. The standard InChI is InChI=1S/C10H7BrN4O/c11-5-1-2-8-6(3-5)13-10(16-8)7-4-9(12)15-14-7/h1-4H,(H3,12,14,15). The van der Waals surface area contributed by atoms with Crippen molar-refractivity contribution in [3.63, 3.8) is 0 Å². The van der Waals surface area contributed by atoms with E-state index < -0.39 is 0 Å². The van der Waals surface area contributed by atoms with Gasteiger partial charge in [-0.2, -0.15) is 5.10 Å². The SMILES string of the molecule is Nc1cc(-c2nc3cc(Br)ccc3o2)[nH]n1. The average molecular weight is 279 g/mol. The van der Waals surface area contributed by atoms with Gasteiger partial charge in [0.05, 0.1) is 0 Å². The molecule has 0 spiro atoms. The van der Waals surface area contributed by atoms with Crippen molar-refractivity contribution in [3.8, 4) is 11.6 Å². The largest absolute Gasteiger partial charge is 0.435 e. The van der Waals surface area contributed by atoms with Crippen LogP contribution in [0.5, 0.6) is 0 Å². The summed E-state index contributed by atoms with van der Waals surface area (Å²) in [6.45, 7) is 0. The number of hydrogen-bond acceptors (Lipinski definition) is 4. The highest BCUT2D eigenvalue weighted by molar-refractivity contribution is 9.10. The first-order chi connectivity index (χ1) is 7.72. The number of nitrogens with two attached hydrogens (primary N) is 1. The Labute approximate surface area is 98.8 Å². The van der Waals surface area contributed by atoms with Crippen molar-refractivity contribution in [2.24, 2.45) is 0 Å². The molecule has 0 atom stereocenters. The second-order valence-electron chi connectivity index (χ2n) is 3.34. The molecule has 80 valence electrons. The monoisotopic (exact) mass is 278 g/mol. The highest BCUT2D eigenvalue weighted by Crippen LogP contribution is 2.25.